The van der Waals surface area contributed by atoms with E-state index in [2.05, 4.69) is 32.6 Å². The number of methoxy groups -OCH3 is 1. The van der Waals surface area contributed by atoms with Gasteiger partial charge >= 0.3 is 0 Å². The fourth-order valence-electron chi connectivity index (χ4n) is 1.83. The molecule has 0 radical (unpaired) electrons. The van der Waals surface area contributed by atoms with Gasteiger partial charge in [0.1, 0.15) is 0 Å². The Morgan fingerprint density at radius 2 is 2.05 bits per heavy atom. The third-order valence-corrected chi connectivity index (χ3v) is 3.16. The lowest BCUT2D eigenvalue weighted by Gasteiger charge is -2.15. The number of hydrogen-bond donors (Lipinski definition) is 2. The molecule has 0 heterocycles. The van der Waals surface area contributed by atoms with E-state index in [1.165, 1.54) is 0 Å². The Morgan fingerprint density at radius 1 is 1.26 bits per heavy atom. The molecule has 0 aliphatic heterocycles. The third kappa shape index (κ3) is 5.38. The van der Waals surface area contributed by atoms with Crippen molar-refractivity contribution in [3.8, 4) is 11.5 Å². The third-order valence-electron chi connectivity index (χ3n) is 2.70. The van der Waals surface area contributed by atoms with Crippen LogP contribution in [0.1, 0.15) is 18.9 Å². The van der Waals surface area contributed by atoms with Crippen molar-refractivity contribution < 1.29 is 9.47 Å². The molecule has 0 aliphatic carbocycles. The molecule has 0 saturated carbocycles. The van der Waals surface area contributed by atoms with Crippen LogP contribution in [0.4, 0.5) is 0 Å². The number of ether oxygens (including phenoxy) is 2. The molecule has 1 aromatic rings. The van der Waals surface area contributed by atoms with Crippen molar-refractivity contribution in [1.29, 1.82) is 0 Å². The summed E-state index contributed by atoms with van der Waals surface area (Å²) in [6.07, 6.45) is 1.10. The molecule has 5 heteroatoms. The van der Waals surface area contributed by atoms with Gasteiger partial charge in [0, 0.05) is 16.6 Å². The standard InChI is InChI=1S/C14H23BrN2O2/c1-4-19-14-11(10-17-7-5-6-16-2)8-12(15)9-13(14)18-3/h8-9,16-17H,4-7,10H2,1-3H3. The largest absolute Gasteiger partial charge is 0.493 e. The van der Waals surface area contributed by atoms with Gasteiger partial charge in [-0.05, 0) is 45.6 Å². The minimum absolute atomic E-state index is 0.630. The van der Waals surface area contributed by atoms with Crippen LogP contribution in [0.15, 0.2) is 16.6 Å². The van der Waals surface area contributed by atoms with E-state index in [0.717, 1.165) is 47.6 Å². The highest BCUT2D eigenvalue weighted by atomic mass is 79.9. The second-order valence-corrected chi connectivity index (χ2v) is 5.08. The summed E-state index contributed by atoms with van der Waals surface area (Å²) in [4.78, 5) is 0. The fourth-order valence-corrected chi connectivity index (χ4v) is 2.31. The Balaban J connectivity index is 2.71. The Hall–Kier alpha value is -0.780. The Bertz CT molecular complexity index is 386. The molecule has 108 valence electrons. The van der Waals surface area contributed by atoms with Crippen molar-refractivity contribution in [3.63, 3.8) is 0 Å². The molecule has 4 nitrogen and oxygen atoms in total. The molecule has 0 spiro atoms. The van der Waals surface area contributed by atoms with Gasteiger partial charge in [-0.25, -0.2) is 0 Å². The zero-order chi connectivity index (χ0) is 14.1. The van der Waals surface area contributed by atoms with Crippen LogP contribution in [-0.2, 0) is 6.54 Å². The second-order valence-electron chi connectivity index (χ2n) is 4.16. The maximum Gasteiger partial charge on any atom is 0.165 e. The summed E-state index contributed by atoms with van der Waals surface area (Å²) >= 11 is 3.50. The highest BCUT2D eigenvalue weighted by Crippen LogP contribution is 2.34. The predicted octanol–water partition coefficient (Wildman–Crippen LogP) is 2.56. The van der Waals surface area contributed by atoms with Crippen LogP contribution in [0.3, 0.4) is 0 Å². The molecule has 0 atom stereocenters. The van der Waals surface area contributed by atoms with Crippen molar-refractivity contribution in [2.45, 2.75) is 19.9 Å². The van der Waals surface area contributed by atoms with Gasteiger partial charge in [0.25, 0.3) is 0 Å². The van der Waals surface area contributed by atoms with E-state index in [-0.39, 0.29) is 0 Å². The van der Waals surface area contributed by atoms with Gasteiger partial charge in [0.15, 0.2) is 11.5 Å². The van der Waals surface area contributed by atoms with Crippen LogP contribution >= 0.6 is 15.9 Å². The first-order valence-electron chi connectivity index (χ1n) is 6.57. The highest BCUT2D eigenvalue weighted by molar-refractivity contribution is 9.10. The first-order valence-corrected chi connectivity index (χ1v) is 7.36. The lowest BCUT2D eigenvalue weighted by atomic mass is 10.2. The number of benzene rings is 1. The van der Waals surface area contributed by atoms with Crippen molar-refractivity contribution in [2.75, 3.05) is 33.9 Å². The quantitative estimate of drug-likeness (QED) is 0.683. The zero-order valence-electron chi connectivity index (χ0n) is 11.9. The van der Waals surface area contributed by atoms with E-state index in [9.17, 15) is 0 Å². The first kappa shape index (κ1) is 16.3. The number of rotatable bonds is 9. The number of nitrogens with one attached hydrogen (secondary N) is 2. The summed E-state index contributed by atoms with van der Waals surface area (Å²) in [6, 6.07) is 3.99. The van der Waals surface area contributed by atoms with Crippen LogP contribution in [0.25, 0.3) is 0 Å². The van der Waals surface area contributed by atoms with E-state index in [4.69, 9.17) is 9.47 Å². The molecule has 0 aliphatic rings. The number of halogens is 1. The van der Waals surface area contributed by atoms with E-state index in [1.54, 1.807) is 7.11 Å². The molecule has 19 heavy (non-hydrogen) atoms. The highest BCUT2D eigenvalue weighted by Gasteiger charge is 2.11. The molecule has 1 aromatic carbocycles. The summed E-state index contributed by atoms with van der Waals surface area (Å²) in [6.45, 7) is 5.37. The van der Waals surface area contributed by atoms with E-state index in [1.807, 2.05) is 20.0 Å². The van der Waals surface area contributed by atoms with Crippen LogP contribution in [-0.4, -0.2) is 33.9 Å². The zero-order valence-corrected chi connectivity index (χ0v) is 13.5. The molecule has 0 aromatic heterocycles. The minimum Gasteiger partial charge on any atom is -0.493 e. The number of hydrogen-bond acceptors (Lipinski definition) is 4. The van der Waals surface area contributed by atoms with Crippen molar-refractivity contribution >= 4 is 15.9 Å². The molecular weight excluding hydrogens is 308 g/mol. The van der Waals surface area contributed by atoms with Crippen molar-refractivity contribution in [2.24, 2.45) is 0 Å². The normalized spacial score (nSPS) is 10.5. The average Bonchev–Trinajstić information content (AvgIpc) is 2.41. The molecule has 1 rings (SSSR count). The maximum absolute atomic E-state index is 5.69. The van der Waals surface area contributed by atoms with Gasteiger partial charge in [0.2, 0.25) is 0 Å². The fraction of sp³-hybridized carbons (Fsp3) is 0.571. The van der Waals surface area contributed by atoms with Gasteiger partial charge in [-0.2, -0.15) is 0 Å². The summed E-state index contributed by atoms with van der Waals surface area (Å²) < 4.78 is 12.1. The summed E-state index contributed by atoms with van der Waals surface area (Å²) in [5.74, 6) is 1.59. The summed E-state index contributed by atoms with van der Waals surface area (Å²) in [5.41, 5.74) is 1.11. The van der Waals surface area contributed by atoms with Crippen molar-refractivity contribution in [3.05, 3.63) is 22.2 Å². The van der Waals surface area contributed by atoms with Gasteiger partial charge in [-0.1, -0.05) is 15.9 Å². The Kier molecular flexibility index (Phi) is 7.86. The SMILES string of the molecule is CCOc1c(CNCCCNC)cc(Br)cc1OC. The molecule has 0 saturated heterocycles. The molecule has 0 unspecified atom stereocenters. The smallest absolute Gasteiger partial charge is 0.165 e. The summed E-state index contributed by atoms with van der Waals surface area (Å²) in [7, 11) is 3.63. The second kappa shape index (κ2) is 9.18. The minimum atomic E-state index is 0.630. The van der Waals surface area contributed by atoms with E-state index in [0.29, 0.717) is 6.61 Å². The van der Waals surface area contributed by atoms with Gasteiger partial charge in [-0.15, -0.1) is 0 Å². The van der Waals surface area contributed by atoms with Crippen LogP contribution in [0.2, 0.25) is 0 Å². The monoisotopic (exact) mass is 330 g/mol. The molecule has 0 bridgehead atoms. The van der Waals surface area contributed by atoms with E-state index >= 15 is 0 Å². The van der Waals surface area contributed by atoms with Gasteiger partial charge in [-0.3, -0.25) is 0 Å². The topological polar surface area (TPSA) is 42.5 Å². The Morgan fingerprint density at radius 3 is 2.68 bits per heavy atom. The predicted molar refractivity (Wildman–Crippen MR) is 82.1 cm³/mol. The van der Waals surface area contributed by atoms with E-state index < -0.39 is 0 Å². The van der Waals surface area contributed by atoms with Crippen molar-refractivity contribution in [1.82, 2.24) is 10.6 Å². The molecular formula is C14H23BrN2O2. The first-order chi connectivity index (χ1) is 9.22. The van der Waals surface area contributed by atoms with Gasteiger partial charge in [0.05, 0.1) is 13.7 Å². The molecule has 0 fully saturated rings. The lowest BCUT2D eigenvalue weighted by Crippen LogP contribution is -2.20. The maximum atomic E-state index is 5.69. The molecule has 0 amide bonds. The van der Waals surface area contributed by atoms with Crippen LogP contribution in [0.5, 0.6) is 11.5 Å². The van der Waals surface area contributed by atoms with Crippen LogP contribution < -0.4 is 20.1 Å². The van der Waals surface area contributed by atoms with Gasteiger partial charge < -0.3 is 20.1 Å². The lowest BCUT2D eigenvalue weighted by molar-refractivity contribution is 0.306. The summed E-state index contributed by atoms with van der Waals surface area (Å²) in [5, 5.41) is 6.55. The average molecular weight is 331 g/mol. The molecule has 2 N–H and O–H groups in total. The van der Waals surface area contributed by atoms with Crippen LogP contribution in [0, 0.1) is 0 Å². The Labute approximate surface area is 124 Å².